The first-order valence-electron chi connectivity index (χ1n) is 6.42. The Hall–Kier alpha value is -0.610. The summed E-state index contributed by atoms with van der Waals surface area (Å²) in [4.78, 5) is 13.7. The summed E-state index contributed by atoms with van der Waals surface area (Å²) in [6.45, 7) is 7.20. The molecule has 0 aromatic heterocycles. The van der Waals surface area contributed by atoms with E-state index < -0.39 is 0 Å². The number of nitrogens with one attached hydrogen (secondary N) is 1. The molecule has 1 heterocycles. The third kappa shape index (κ3) is 4.10. The molecule has 1 fully saturated rings. The van der Waals surface area contributed by atoms with Gasteiger partial charge in [-0.3, -0.25) is 4.79 Å². The largest absolute Gasteiger partial charge is 0.368 e. The molecular formula is C12H25N3O. The molecule has 0 radical (unpaired) electrons. The molecule has 2 unspecified atom stereocenters. The lowest BCUT2D eigenvalue weighted by atomic mass is 10.0. The molecule has 4 heteroatoms. The number of nitrogens with zero attached hydrogens (tertiary/aromatic N) is 1. The second-order valence-electron chi connectivity index (χ2n) is 4.68. The van der Waals surface area contributed by atoms with Gasteiger partial charge in [-0.15, -0.1) is 0 Å². The second-order valence-corrected chi connectivity index (χ2v) is 4.68. The van der Waals surface area contributed by atoms with Gasteiger partial charge in [-0.25, -0.2) is 0 Å². The number of hydrogen-bond acceptors (Lipinski definition) is 3. The zero-order valence-corrected chi connectivity index (χ0v) is 10.5. The summed E-state index contributed by atoms with van der Waals surface area (Å²) in [5, 5.41) is 3.14. The Labute approximate surface area is 98.6 Å². The molecule has 0 bridgehead atoms. The number of amides is 1. The van der Waals surface area contributed by atoms with E-state index in [4.69, 9.17) is 5.73 Å². The lowest BCUT2D eigenvalue weighted by Gasteiger charge is -2.34. The van der Waals surface area contributed by atoms with Crippen LogP contribution in [0, 0.1) is 0 Å². The van der Waals surface area contributed by atoms with Gasteiger partial charge in [0.15, 0.2) is 0 Å². The molecule has 1 amide bonds. The van der Waals surface area contributed by atoms with E-state index >= 15 is 0 Å². The zero-order chi connectivity index (χ0) is 12.0. The van der Waals surface area contributed by atoms with Crippen LogP contribution in [0.1, 0.15) is 39.5 Å². The van der Waals surface area contributed by atoms with E-state index in [0.717, 1.165) is 19.5 Å². The van der Waals surface area contributed by atoms with Crippen LogP contribution in [0.3, 0.4) is 0 Å². The van der Waals surface area contributed by atoms with Crippen LogP contribution in [-0.4, -0.2) is 42.5 Å². The van der Waals surface area contributed by atoms with Crippen molar-refractivity contribution in [3.63, 3.8) is 0 Å². The number of hydrogen-bond donors (Lipinski definition) is 2. The van der Waals surface area contributed by atoms with Gasteiger partial charge in [-0.1, -0.05) is 13.3 Å². The third-order valence-corrected chi connectivity index (χ3v) is 3.44. The third-order valence-electron chi connectivity index (χ3n) is 3.44. The van der Waals surface area contributed by atoms with Crippen LogP contribution in [-0.2, 0) is 4.79 Å². The molecule has 0 spiro atoms. The van der Waals surface area contributed by atoms with E-state index in [-0.39, 0.29) is 11.9 Å². The van der Waals surface area contributed by atoms with Crippen LogP contribution in [0.15, 0.2) is 0 Å². The summed E-state index contributed by atoms with van der Waals surface area (Å²) in [5.41, 5.74) is 5.35. The predicted octanol–water partition coefficient (Wildman–Crippen LogP) is 0.714. The first kappa shape index (κ1) is 13.5. The highest BCUT2D eigenvalue weighted by molar-refractivity contribution is 5.79. The van der Waals surface area contributed by atoms with Gasteiger partial charge < -0.3 is 16.0 Å². The molecule has 3 N–H and O–H groups in total. The maximum Gasteiger partial charge on any atom is 0.234 e. The first-order valence-corrected chi connectivity index (χ1v) is 6.42. The number of likely N-dealkylation sites (tertiary alicyclic amines) is 1. The molecule has 1 saturated heterocycles. The predicted molar refractivity (Wildman–Crippen MR) is 66.2 cm³/mol. The van der Waals surface area contributed by atoms with E-state index in [0.29, 0.717) is 6.04 Å². The Bertz CT molecular complexity index is 220. The quantitative estimate of drug-likeness (QED) is 0.703. The lowest BCUT2D eigenvalue weighted by molar-refractivity contribution is -0.120. The van der Waals surface area contributed by atoms with Crippen molar-refractivity contribution >= 4 is 5.91 Å². The molecule has 0 saturated carbocycles. The lowest BCUT2D eigenvalue weighted by Crippen LogP contribution is -2.45. The topological polar surface area (TPSA) is 58.4 Å². The summed E-state index contributed by atoms with van der Waals surface area (Å²) >= 11 is 0. The van der Waals surface area contributed by atoms with Gasteiger partial charge in [0.2, 0.25) is 5.91 Å². The summed E-state index contributed by atoms with van der Waals surface area (Å²) in [5.74, 6) is -0.230. The fraction of sp³-hybridized carbons (Fsp3) is 0.917. The van der Waals surface area contributed by atoms with Gasteiger partial charge in [0.1, 0.15) is 0 Å². The van der Waals surface area contributed by atoms with Gasteiger partial charge in [0.05, 0.1) is 6.04 Å². The number of piperidine rings is 1. The molecule has 1 aliphatic rings. The Kier molecular flexibility index (Phi) is 5.77. The van der Waals surface area contributed by atoms with Crippen molar-refractivity contribution in [2.24, 2.45) is 5.73 Å². The van der Waals surface area contributed by atoms with Crippen molar-refractivity contribution in [3.8, 4) is 0 Å². The van der Waals surface area contributed by atoms with Crippen molar-refractivity contribution in [1.82, 2.24) is 10.2 Å². The Balaban J connectivity index is 2.32. The van der Waals surface area contributed by atoms with E-state index in [1.165, 1.54) is 25.8 Å². The molecule has 4 nitrogen and oxygen atoms in total. The molecule has 0 aliphatic carbocycles. The average Bonchev–Trinajstić information content (AvgIpc) is 2.26. The van der Waals surface area contributed by atoms with Gasteiger partial charge in [0, 0.05) is 12.6 Å². The van der Waals surface area contributed by atoms with Crippen molar-refractivity contribution < 1.29 is 4.79 Å². The van der Waals surface area contributed by atoms with E-state index in [1.54, 1.807) is 0 Å². The van der Waals surface area contributed by atoms with Crippen LogP contribution < -0.4 is 11.1 Å². The first-order chi connectivity index (χ1) is 7.65. The molecule has 0 aromatic carbocycles. The maximum atomic E-state index is 11.2. The fourth-order valence-electron chi connectivity index (χ4n) is 2.38. The summed E-state index contributed by atoms with van der Waals surface area (Å²) in [7, 11) is 0. The number of likely N-dealkylation sites (N-methyl/N-ethyl adjacent to an activating group) is 1. The highest BCUT2D eigenvalue weighted by Crippen LogP contribution is 2.16. The van der Waals surface area contributed by atoms with Gasteiger partial charge in [0.25, 0.3) is 0 Å². The number of primary amides is 1. The number of nitrogens with two attached hydrogens (primary N) is 1. The fourth-order valence-corrected chi connectivity index (χ4v) is 2.38. The highest BCUT2D eigenvalue weighted by atomic mass is 16.1. The van der Waals surface area contributed by atoms with Crippen LogP contribution in [0.2, 0.25) is 0 Å². The van der Waals surface area contributed by atoms with Gasteiger partial charge in [-0.05, 0) is 39.3 Å². The summed E-state index contributed by atoms with van der Waals surface area (Å²) in [6, 6.07) is 0.489. The van der Waals surface area contributed by atoms with Crippen molar-refractivity contribution in [2.75, 3.05) is 19.6 Å². The molecule has 1 aliphatic heterocycles. The highest BCUT2D eigenvalue weighted by Gasteiger charge is 2.20. The van der Waals surface area contributed by atoms with E-state index in [1.807, 2.05) is 6.92 Å². The standard InChI is InChI=1S/C12H25N3O/c1-3-14-11(12(13)16)7-9-15-8-5-4-6-10(15)2/h10-11,14H,3-9H2,1-2H3,(H2,13,16). The van der Waals surface area contributed by atoms with Crippen molar-refractivity contribution in [2.45, 2.75) is 51.6 Å². The maximum absolute atomic E-state index is 11.2. The minimum Gasteiger partial charge on any atom is -0.368 e. The zero-order valence-electron chi connectivity index (χ0n) is 10.5. The Morgan fingerprint density at radius 2 is 2.31 bits per heavy atom. The van der Waals surface area contributed by atoms with Crippen LogP contribution >= 0.6 is 0 Å². The molecule has 94 valence electrons. The number of carbonyl (C=O) groups excluding carboxylic acids is 1. The molecule has 16 heavy (non-hydrogen) atoms. The van der Waals surface area contributed by atoms with E-state index in [9.17, 15) is 4.79 Å². The number of rotatable bonds is 6. The molecule has 1 rings (SSSR count). The second kappa shape index (κ2) is 6.86. The van der Waals surface area contributed by atoms with Crippen LogP contribution in [0.4, 0.5) is 0 Å². The SMILES string of the molecule is CCNC(CCN1CCCCC1C)C(N)=O. The molecule has 2 atom stereocenters. The summed E-state index contributed by atoms with van der Waals surface area (Å²) < 4.78 is 0. The minimum atomic E-state index is -0.230. The normalized spacial score (nSPS) is 24.2. The Morgan fingerprint density at radius 3 is 2.88 bits per heavy atom. The van der Waals surface area contributed by atoms with Gasteiger partial charge >= 0.3 is 0 Å². The van der Waals surface area contributed by atoms with Crippen molar-refractivity contribution in [1.29, 1.82) is 0 Å². The van der Waals surface area contributed by atoms with E-state index in [2.05, 4.69) is 17.1 Å². The van der Waals surface area contributed by atoms with Gasteiger partial charge in [-0.2, -0.15) is 0 Å². The molecular weight excluding hydrogens is 202 g/mol. The summed E-state index contributed by atoms with van der Waals surface area (Å²) in [6.07, 6.45) is 4.73. The van der Waals surface area contributed by atoms with Crippen LogP contribution in [0.5, 0.6) is 0 Å². The Morgan fingerprint density at radius 1 is 1.56 bits per heavy atom. The number of carbonyl (C=O) groups is 1. The molecule has 0 aromatic rings. The van der Waals surface area contributed by atoms with Crippen LogP contribution in [0.25, 0.3) is 0 Å². The smallest absolute Gasteiger partial charge is 0.234 e. The van der Waals surface area contributed by atoms with Crippen molar-refractivity contribution in [3.05, 3.63) is 0 Å². The average molecular weight is 227 g/mol. The monoisotopic (exact) mass is 227 g/mol. The minimum absolute atomic E-state index is 0.167.